The largest absolute Gasteiger partial charge is 0.480 e. The van der Waals surface area contributed by atoms with Crippen molar-refractivity contribution in [3.63, 3.8) is 0 Å². The molecule has 0 bridgehead atoms. The van der Waals surface area contributed by atoms with Crippen LogP contribution >= 0.6 is 0 Å². The number of aromatic amines is 1. The molecule has 0 spiro atoms. The Bertz CT molecular complexity index is 419. The molecule has 5 nitrogen and oxygen atoms in total. The van der Waals surface area contributed by atoms with Gasteiger partial charge in [0.15, 0.2) is 0 Å². The van der Waals surface area contributed by atoms with Crippen LogP contribution in [0.25, 0.3) is 0 Å². The second kappa shape index (κ2) is 4.00. The summed E-state index contributed by atoms with van der Waals surface area (Å²) in [5, 5.41) is 9.09. The Morgan fingerprint density at radius 1 is 1.53 bits per heavy atom. The molecule has 0 unspecified atom stereocenters. The minimum atomic E-state index is -0.846. The minimum Gasteiger partial charge on any atom is -0.480 e. The summed E-state index contributed by atoms with van der Waals surface area (Å²) in [7, 11) is 0. The number of nitrogens with one attached hydrogen (secondary N) is 1. The molecule has 2 rings (SSSR count). The first-order chi connectivity index (χ1) is 7.27. The van der Waals surface area contributed by atoms with Gasteiger partial charge in [-0.1, -0.05) is 0 Å². The number of carbonyl (C=O) groups is 1. The molecule has 0 aromatic carbocycles. The highest BCUT2D eigenvalue weighted by atomic mass is 16.4. The Morgan fingerprint density at radius 3 is 2.80 bits per heavy atom. The first kappa shape index (κ1) is 9.51. The van der Waals surface area contributed by atoms with Crippen molar-refractivity contribution in [2.75, 3.05) is 0 Å². The van der Waals surface area contributed by atoms with Crippen LogP contribution in [0.4, 0.5) is 0 Å². The maximum absolute atomic E-state index is 11.1. The summed E-state index contributed by atoms with van der Waals surface area (Å²) in [6.45, 7) is 0. The highest BCUT2D eigenvalue weighted by Crippen LogP contribution is 2.13. The number of rotatable bonds is 4. The summed E-state index contributed by atoms with van der Waals surface area (Å²) in [6.07, 6.45) is 7.08. The van der Waals surface area contributed by atoms with E-state index in [-0.39, 0.29) is 0 Å². The SMILES string of the molecule is O=C(O)[C@H](Cc1cnc[nH]1)n1cccc1. The molecule has 78 valence electrons. The maximum Gasteiger partial charge on any atom is 0.327 e. The number of aromatic nitrogens is 3. The molecule has 0 amide bonds. The van der Waals surface area contributed by atoms with E-state index >= 15 is 0 Å². The van der Waals surface area contributed by atoms with E-state index in [1.54, 1.807) is 29.5 Å². The van der Waals surface area contributed by atoms with Crippen molar-refractivity contribution in [2.45, 2.75) is 12.5 Å². The smallest absolute Gasteiger partial charge is 0.327 e. The van der Waals surface area contributed by atoms with Crippen LogP contribution in [0.15, 0.2) is 37.1 Å². The zero-order valence-electron chi connectivity index (χ0n) is 8.00. The van der Waals surface area contributed by atoms with Crippen LogP contribution in [0.2, 0.25) is 0 Å². The molecule has 2 aromatic heterocycles. The molecule has 0 fully saturated rings. The quantitative estimate of drug-likeness (QED) is 0.784. The summed E-state index contributed by atoms with van der Waals surface area (Å²) < 4.78 is 1.67. The highest BCUT2D eigenvalue weighted by molar-refractivity contribution is 5.72. The van der Waals surface area contributed by atoms with Gasteiger partial charge in [-0.15, -0.1) is 0 Å². The highest BCUT2D eigenvalue weighted by Gasteiger charge is 2.19. The van der Waals surface area contributed by atoms with E-state index in [4.69, 9.17) is 5.11 Å². The van der Waals surface area contributed by atoms with Gasteiger partial charge >= 0.3 is 5.97 Å². The number of nitrogens with zero attached hydrogens (tertiary/aromatic N) is 2. The van der Waals surface area contributed by atoms with Gasteiger partial charge in [0, 0.05) is 30.7 Å². The Balaban J connectivity index is 2.18. The fraction of sp³-hybridized carbons (Fsp3) is 0.200. The summed E-state index contributed by atoms with van der Waals surface area (Å²) in [4.78, 5) is 17.8. The van der Waals surface area contributed by atoms with Gasteiger partial charge in [0.1, 0.15) is 6.04 Å². The van der Waals surface area contributed by atoms with Gasteiger partial charge in [-0.25, -0.2) is 9.78 Å². The van der Waals surface area contributed by atoms with Gasteiger partial charge in [0.2, 0.25) is 0 Å². The third-order valence-electron chi connectivity index (χ3n) is 2.24. The van der Waals surface area contributed by atoms with Crippen LogP contribution in [0.1, 0.15) is 11.7 Å². The van der Waals surface area contributed by atoms with Gasteiger partial charge in [-0.05, 0) is 12.1 Å². The zero-order chi connectivity index (χ0) is 10.7. The lowest BCUT2D eigenvalue weighted by Crippen LogP contribution is -2.20. The summed E-state index contributed by atoms with van der Waals surface area (Å²) in [5.74, 6) is -0.846. The molecule has 1 atom stereocenters. The van der Waals surface area contributed by atoms with Gasteiger partial charge in [0.25, 0.3) is 0 Å². The van der Waals surface area contributed by atoms with Crippen LogP contribution in [0.3, 0.4) is 0 Å². The van der Waals surface area contributed by atoms with Crippen molar-refractivity contribution < 1.29 is 9.90 Å². The van der Waals surface area contributed by atoms with Crippen molar-refractivity contribution in [2.24, 2.45) is 0 Å². The summed E-state index contributed by atoms with van der Waals surface area (Å²) in [6, 6.07) is 3.03. The number of hydrogen-bond donors (Lipinski definition) is 2. The molecule has 2 aromatic rings. The number of carboxylic acid groups (broad SMARTS) is 1. The van der Waals surface area contributed by atoms with Crippen LogP contribution in [0.5, 0.6) is 0 Å². The third-order valence-corrected chi connectivity index (χ3v) is 2.24. The predicted molar refractivity (Wildman–Crippen MR) is 53.4 cm³/mol. The fourth-order valence-corrected chi connectivity index (χ4v) is 1.48. The van der Waals surface area contributed by atoms with Crippen molar-refractivity contribution in [3.8, 4) is 0 Å². The number of imidazole rings is 1. The number of H-pyrrole nitrogens is 1. The van der Waals surface area contributed by atoms with E-state index in [2.05, 4.69) is 9.97 Å². The number of hydrogen-bond acceptors (Lipinski definition) is 2. The van der Waals surface area contributed by atoms with E-state index < -0.39 is 12.0 Å². The lowest BCUT2D eigenvalue weighted by atomic mass is 10.1. The Labute approximate surface area is 86.4 Å². The van der Waals surface area contributed by atoms with Crippen LogP contribution < -0.4 is 0 Å². The molecule has 0 saturated carbocycles. The van der Waals surface area contributed by atoms with E-state index in [1.165, 1.54) is 0 Å². The van der Waals surface area contributed by atoms with Crippen molar-refractivity contribution in [1.29, 1.82) is 0 Å². The molecule has 2 N–H and O–H groups in total. The molecule has 0 aliphatic rings. The first-order valence-electron chi connectivity index (χ1n) is 4.60. The Hall–Kier alpha value is -2.04. The van der Waals surface area contributed by atoms with Gasteiger partial charge in [0.05, 0.1) is 6.33 Å². The van der Waals surface area contributed by atoms with E-state index in [1.807, 2.05) is 12.1 Å². The average Bonchev–Trinajstić information content (AvgIpc) is 2.87. The molecule has 0 radical (unpaired) electrons. The molecule has 0 aliphatic carbocycles. The lowest BCUT2D eigenvalue weighted by molar-refractivity contribution is -0.140. The third kappa shape index (κ3) is 2.07. The van der Waals surface area contributed by atoms with Crippen molar-refractivity contribution >= 4 is 5.97 Å². The Morgan fingerprint density at radius 2 is 2.27 bits per heavy atom. The molecule has 2 heterocycles. The zero-order valence-corrected chi connectivity index (χ0v) is 8.00. The standard InChI is InChI=1S/C10H11N3O2/c14-10(15)9(13-3-1-2-4-13)5-8-6-11-7-12-8/h1-4,6-7,9H,5H2,(H,11,12)(H,14,15)/t9-/m0/s1. The van der Waals surface area contributed by atoms with E-state index in [9.17, 15) is 4.79 Å². The van der Waals surface area contributed by atoms with Gasteiger partial charge in [-0.3, -0.25) is 0 Å². The van der Waals surface area contributed by atoms with Crippen LogP contribution in [-0.2, 0) is 11.2 Å². The minimum absolute atomic E-state index is 0.407. The van der Waals surface area contributed by atoms with Gasteiger partial charge in [-0.2, -0.15) is 0 Å². The topological polar surface area (TPSA) is 70.9 Å². The molecule has 0 aliphatic heterocycles. The summed E-state index contributed by atoms with van der Waals surface area (Å²) in [5.41, 5.74) is 0.816. The molecular formula is C10H11N3O2. The normalized spacial score (nSPS) is 12.5. The molecule has 5 heteroatoms. The van der Waals surface area contributed by atoms with E-state index in [0.29, 0.717) is 6.42 Å². The molecule has 15 heavy (non-hydrogen) atoms. The summed E-state index contributed by atoms with van der Waals surface area (Å²) >= 11 is 0. The molecule has 0 saturated heterocycles. The monoisotopic (exact) mass is 205 g/mol. The Kier molecular flexibility index (Phi) is 2.53. The second-order valence-corrected chi connectivity index (χ2v) is 3.27. The second-order valence-electron chi connectivity index (χ2n) is 3.27. The van der Waals surface area contributed by atoms with E-state index in [0.717, 1.165) is 5.69 Å². The van der Waals surface area contributed by atoms with Gasteiger partial charge < -0.3 is 14.7 Å². The fourth-order valence-electron chi connectivity index (χ4n) is 1.48. The average molecular weight is 205 g/mol. The maximum atomic E-state index is 11.1. The number of aliphatic carboxylic acids is 1. The molecular weight excluding hydrogens is 194 g/mol. The first-order valence-corrected chi connectivity index (χ1v) is 4.60. The lowest BCUT2D eigenvalue weighted by Gasteiger charge is -2.12. The number of carboxylic acids is 1. The van der Waals surface area contributed by atoms with Crippen molar-refractivity contribution in [3.05, 3.63) is 42.7 Å². The van der Waals surface area contributed by atoms with Crippen LogP contribution in [-0.4, -0.2) is 25.6 Å². The predicted octanol–water partition coefficient (Wildman–Crippen LogP) is 1.08. The van der Waals surface area contributed by atoms with Crippen molar-refractivity contribution in [1.82, 2.24) is 14.5 Å². The van der Waals surface area contributed by atoms with Crippen LogP contribution in [0, 0.1) is 0 Å².